The summed E-state index contributed by atoms with van der Waals surface area (Å²) >= 11 is 6.05. The molecular formula is C18H18ClNO3. The van der Waals surface area contributed by atoms with Gasteiger partial charge >= 0.3 is 5.97 Å². The van der Waals surface area contributed by atoms with Gasteiger partial charge in [0.25, 0.3) is 5.91 Å². The number of hydrogen-bond donors (Lipinski definition) is 1. The molecule has 4 nitrogen and oxygen atoms in total. The molecule has 0 spiro atoms. The second-order valence-electron chi connectivity index (χ2n) is 5.43. The highest BCUT2D eigenvalue weighted by atomic mass is 35.5. The smallest absolute Gasteiger partial charge is 0.338 e. The summed E-state index contributed by atoms with van der Waals surface area (Å²) in [7, 11) is 0. The molecule has 0 aliphatic rings. The van der Waals surface area contributed by atoms with Crippen LogP contribution in [0.15, 0.2) is 36.4 Å². The lowest BCUT2D eigenvalue weighted by atomic mass is 10.1. The van der Waals surface area contributed by atoms with E-state index in [2.05, 4.69) is 5.32 Å². The number of hydrogen-bond acceptors (Lipinski definition) is 3. The van der Waals surface area contributed by atoms with Gasteiger partial charge in [0.2, 0.25) is 0 Å². The van der Waals surface area contributed by atoms with E-state index in [1.807, 2.05) is 39.0 Å². The lowest BCUT2D eigenvalue weighted by molar-refractivity contribution is -0.119. The van der Waals surface area contributed by atoms with Gasteiger partial charge in [0.05, 0.1) is 16.3 Å². The highest BCUT2D eigenvalue weighted by Gasteiger charge is 2.13. The Labute approximate surface area is 140 Å². The Morgan fingerprint density at radius 3 is 2.39 bits per heavy atom. The molecule has 1 amide bonds. The maximum absolute atomic E-state index is 12.1. The van der Waals surface area contributed by atoms with Crippen molar-refractivity contribution in [1.29, 1.82) is 0 Å². The first-order chi connectivity index (χ1) is 10.9. The van der Waals surface area contributed by atoms with Crippen LogP contribution in [0.5, 0.6) is 0 Å². The molecule has 0 fully saturated rings. The summed E-state index contributed by atoms with van der Waals surface area (Å²) in [6.45, 7) is 5.25. The molecule has 0 saturated heterocycles. The van der Waals surface area contributed by atoms with Crippen LogP contribution in [0.4, 0.5) is 5.69 Å². The molecule has 2 aromatic carbocycles. The van der Waals surface area contributed by atoms with Crippen LogP contribution in [-0.4, -0.2) is 18.5 Å². The Morgan fingerprint density at radius 2 is 1.70 bits per heavy atom. The monoisotopic (exact) mass is 331 g/mol. The second-order valence-corrected chi connectivity index (χ2v) is 5.83. The van der Waals surface area contributed by atoms with E-state index in [1.54, 1.807) is 18.2 Å². The Balaban J connectivity index is 1.96. The van der Waals surface area contributed by atoms with E-state index >= 15 is 0 Å². The number of carbonyl (C=O) groups excluding carboxylic acids is 2. The lowest BCUT2D eigenvalue weighted by Gasteiger charge is -2.10. The van der Waals surface area contributed by atoms with E-state index in [0.717, 1.165) is 16.7 Å². The molecule has 2 aromatic rings. The average Bonchev–Trinajstić information content (AvgIpc) is 2.50. The minimum Gasteiger partial charge on any atom is -0.452 e. The number of halogens is 1. The van der Waals surface area contributed by atoms with Crippen LogP contribution >= 0.6 is 11.6 Å². The summed E-state index contributed by atoms with van der Waals surface area (Å²) < 4.78 is 5.07. The van der Waals surface area contributed by atoms with Crippen molar-refractivity contribution in [1.82, 2.24) is 0 Å². The third-order valence-corrected chi connectivity index (χ3v) is 3.66. The molecule has 120 valence electrons. The molecule has 0 unspecified atom stereocenters. The number of rotatable bonds is 4. The van der Waals surface area contributed by atoms with Crippen molar-refractivity contribution in [2.24, 2.45) is 0 Å². The Bertz CT molecular complexity index is 756. The van der Waals surface area contributed by atoms with Gasteiger partial charge in [-0.1, -0.05) is 35.4 Å². The van der Waals surface area contributed by atoms with Gasteiger partial charge in [-0.05, 0) is 50.1 Å². The first-order valence-electron chi connectivity index (χ1n) is 7.17. The number of esters is 1. The second kappa shape index (κ2) is 7.29. The number of anilines is 1. The van der Waals surface area contributed by atoms with Crippen molar-refractivity contribution >= 4 is 29.2 Å². The predicted octanol–water partition coefficient (Wildman–Crippen LogP) is 4.06. The maximum atomic E-state index is 12.1. The van der Waals surface area contributed by atoms with Gasteiger partial charge < -0.3 is 10.1 Å². The normalized spacial score (nSPS) is 10.3. The van der Waals surface area contributed by atoms with Crippen LogP contribution in [0.1, 0.15) is 27.0 Å². The summed E-state index contributed by atoms with van der Waals surface area (Å²) in [5.41, 5.74) is 3.71. The summed E-state index contributed by atoms with van der Waals surface area (Å²) in [4.78, 5) is 23.9. The third-order valence-electron chi connectivity index (χ3n) is 3.35. The van der Waals surface area contributed by atoms with E-state index in [1.165, 1.54) is 0 Å². The highest BCUT2D eigenvalue weighted by molar-refractivity contribution is 6.33. The number of amides is 1. The van der Waals surface area contributed by atoms with Crippen molar-refractivity contribution < 1.29 is 14.3 Å². The van der Waals surface area contributed by atoms with Gasteiger partial charge in [-0.15, -0.1) is 0 Å². The number of nitrogens with one attached hydrogen (secondary N) is 1. The summed E-state index contributed by atoms with van der Waals surface area (Å²) in [6, 6.07) is 10.8. The topological polar surface area (TPSA) is 55.4 Å². The van der Waals surface area contributed by atoms with Gasteiger partial charge in [-0.25, -0.2) is 4.79 Å². The van der Waals surface area contributed by atoms with E-state index in [9.17, 15) is 9.59 Å². The van der Waals surface area contributed by atoms with Crippen molar-refractivity contribution in [2.45, 2.75) is 20.8 Å². The fraction of sp³-hybridized carbons (Fsp3) is 0.222. The summed E-state index contributed by atoms with van der Waals surface area (Å²) in [5.74, 6) is -0.953. The van der Waals surface area contributed by atoms with Crippen molar-refractivity contribution in [3.63, 3.8) is 0 Å². The van der Waals surface area contributed by atoms with Crippen LogP contribution in [0.3, 0.4) is 0 Å². The number of ether oxygens (including phenoxy) is 1. The Kier molecular flexibility index (Phi) is 5.40. The molecule has 0 aromatic heterocycles. The number of carbonyl (C=O) groups is 2. The molecule has 0 radical (unpaired) electrons. The predicted molar refractivity (Wildman–Crippen MR) is 91.0 cm³/mol. The summed E-state index contributed by atoms with van der Waals surface area (Å²) in [6.07, 6.45) is 0. The minimum absolute atomic E-state index is 0.365. The maximum Gasteiger partial charge on any atom is 0.338 e. The van der Waals surface area contributed by atoms with Crippen LogP contribution in [0.25, 0.3) is 0 Å². The Hall–Kier alpha value is -2.33. The van der Waals surface area contributed by atoms with Crippen molar-refractivity contribution in [3.05, 3.63) is 63.7 Å². The zero-order chi connectivity index (χ0) is 17.0. The third kappa shape index (κ3) is 4.57. The minimum atomic E-state index is -0.517. The molecule has 0 heterocycles. The molecule has 2 rings (SSSR count). The van der Waals surface area contributed by atoms with E-state index < -0.39 is 11.9 Å². The lowest BCUT2D eigenvalue weighted by Crippen LogP contribution is -2.21. The molecule has 5 heteroatoms. The van der Waals surface area contributed by atoms with E-state index in [0.29, 0.717) is 16.3 Å². The Morgan fingerprint density at radius 1 is 1.04 bits per heavy atom. The fourth-order valence-electron chi connectivity index (χ4n) is 2.07. The van der Waals surface area contributed by atoms with Crippen LogP contribution < -0.4 is 5.32 Å². The first-order valence-corrected chi connectivity index (χ1v) is 7.55. The standard InChI is InChI=1S/C18H18ClNO3/c1-11-4-6-13(3)14(8-11)18(22)23-10-17(21)20-16-7-5-12(2)9-15(16)19/h4-9H,10H2,1-3H3,(H,20,21). The van der Waals surface area contributed by atoms with Gasteiger partial charge in [0.1, 0.15) is 0 Å². The highest BCUT2D eigenvalue weighted by Crippen LogP contribution is 2.22. The van der Waals surface area contributed by atoms with Crippen LogP contribution in [-0.2, 0) is 9.53 Å². The van der Waals surface area contributed by atoms with E-state index in [4.69, 9.17) is 16.3 Å². The molecular weight excluding hydrogens is 314 g/mol. The van der Waals surface area contributed by atoms with Gasteiger partial charge in [-0.2, -0.15) is 0 Å². The van der Waals surface area contributed by atoms with Gasteiger partial charge in [0.15, 0.2) is 6.61 Å². The van der Waals surface area contributed by atoms with Crippen molar-refractivity contribution in [3.8, 4) is 0 Å². The molecule has 1 N–H and O–H groups in total. The molecule has 0 saturated carbocycles. The fourth-order valence-corrected chi connectivity index (χ4v) is 2.35. The molecule has 23 heavy (non-hydrogen) atoms. The SMILES string of the molecule is Cc1ccc(NC(=O)COC(=O)c2cc(C)ccc2C)c(Cl)c1. The van der Waals surface area contributed by atoms with Crippen molar-refractivity contribution in [2.75, 3.05) is 11.9 Å². The number of benzene rings is 2. The van der Waals surface area contributed by atoms with Crippen LogP contribution in [0, 0.1) is 20.8 Å². The van der Waals surface area contributed by atoms with Gasteiger partial charge in [0, 0.05) is 0 Å². The van der Waals surface area contributed by atoms with E-state index in [-0.39, 0.29) is 6.61 Å². The molecule has 0 aliphatic heterocycles. The first kappa shape index (κ1) is 17.0. The zero-order valence-corrected chi connectivity index (χ0v) is 14.0. The quantitative estimate of drug-likeness (QED) is 0.859. The molecule has 0 aliphatic carbocycles. The molecule has 0 atom stereocenters. The molecule has 0 bridgehead atoms. The largest absolute Gasteiger partial charge is 0.452 e. The zero-order valence-electron chi connectivity index (χ0n) is 13.3. The average molecular weight is 332 g/mol. The summed E-state index contributed by atoms with van der Waals surface area (Å²) in [5, 5.41) is 3.07. The number of aryl methyl sites for hydroxylation is 3. The van der Waals surface area contributed by atoms with Gasteiger partial charge in [-0.3, -0.25) is 4.79 Å². The van der Waals surface area contributed by atoms with Crippen LogP contribution in [0.2, 0.25) is 5.02 Å².